The summed E-state index contributed by atoms with van der Waals surface area (Å²) < 4.78 is 40.7. The van der Waals surface area contributed by atoms with E-state index >= 15 is 0 Å². The van der Waals surface area contributed by atoms with Crippen LogP contribution in [0.4, 0.5) is 4.39 Å². The van der Waals surface area contributed by atoms with Gasteiger partial charge in [0.15, 0.2) is 5.96 Å². The standard InChI is InChI=1S/C15H24FN3O3S.HI/c1-4-17-15(18-9-10-23(3,20)21)19-11-12(2)22-14-7-5-13(16)6-8-14;/h5-8,12H,4,9-11H2,1-3H3,(H2,17,18,19);1H. The van der Waals surface area contributed by atoms with Gasteiger partial charge < -0.3 is 15.4 Å². The zero-order valence-corrected chi connectivity index (χ0v) is 17.2. The number of hydrogen-bond donors (Lipinski definition) is 2. The Bertz CT molecular complexity index is 609. The predicted octanol–water partition coefficient (Wildman–Crippen LogP) is 1.81. The summed E-state index contributed by atoms with van der Waals surface area (Å²) in [6, 6.07) is 5.79. The molecule has 9 heteroatoms. The van der Waals surface area contributed by atoms with E-state index in [1.165, 1.54) is 18.4 Å². The van der Waals surface area contributed by atoms with Crippen molar-refractivity contribution in [1.29, 1.82) is 0 Å². The molecule has 1 aromatic rings. The Labute approximate surface area is 160 Å². The van der Waals surface area contributed by atoms with Crippen molar-refractivity contribution in [2.24, 2.45) is 4.99 Å². The van der Waals surface area contributed by atoms with Crippen LogP contribution in [0.15, 0.2) is 29.3 Å². The molecule has 1 unspecified atom stereocenters. The van der Waals surface area contributed by atoms with Gasteiger partial charge in [-0.3, -0.25) is 0 Å². The van der Waals surface area contributed by atoms with Crippen LogP contribution in [0.2, 0.25) is 0 Å². The molecule has 0 amide bonds. The van der Waals surface area contributed by atoms with Gasteiger partial charge in [-0.05, 0) is 38.1 Å². The third-order valence-electron chi connectivity index (χ3n) is 2.77. The molecule has 0 aliphatic heterocycles. The lowest BCUT2D eigenvalue weighted by molar-refractivity contribution is 0.230. The molecule has 24 heavy (non-hydrogen) atoms. The third-order valence-corrected chi connectivity index (χ3v) is 3.71. The minimum absolute atomic E-state index is 0. The minimum atomic E-state index is -3.01. The van der Waals surface area contributed by atoms with Crippen LogP contribution in [0.25, 0.3) is 0 Å². The first kappa shape index (κ1) is 22.9. The second-order valence-electron chi connectivity index (χ2n) is 5.16. The first-order chi connectivity index (χ1) is 10.8. The van der Waals surface area contributed by atoms with E-state index in [1.54, 1.807) is 12.1 Å². The number of halogens is 2. The van der Waals surface area contributed by atoms with E-state index in [-0.39, 0.29) is 48.2 Å². The SMILES string of the molecule is CCNC(=NCC(C)Oc1ccc(F)cc1)NCCS(C)(=O)=O.I. The Morgan fingerprint density at radius 2 is 1.92 bits per heavy atom. The van der Waals surface area contributed by atoms with Crippen LogP contribution in [0, 0.1) is 5.82 Å². The Kier molecular flexibility index (Phi) is 10.9. The Balaban J connectivity index is 0.00000529. The average molecular weight is 473 g/mol. The summed E-state index contributed by atoms with van der Waals surface area (Å²) in [5.74, 6) is 0.835. The van der Waals surface area contributed by atoms with E-state index in [1.807, 2.05) is 13.8 Å². The molecule has 1 rings (SSSR count). The van der Waals surface area contributed by atoms with E-state index in [4.69, 9.17) is 4.74 Å². The van der Waals surface area contributed by atoms with Crippen molar-refractivity contribution in [3.63, 3.8) is 0 Å². The molecule has 6 nitrogen and oxygen atoms in total. The van der Waals surface area contributed by atoms with Crippen LogP contribution in [0.3, 0.4) is 0 Å². The fourth-order valence-corrected chi connectivity index (χ4v) is 2.17. The Hall–Kier alpha value is -1.10. The van der Waals surface area contributed by atoms with Crippen molar-refractivity contribution >= 4 is 39.8 Å². The van der Waals surface area contributed by atoms with Gasteiger partial charge in [-0.15, -0.1) is 24.0 Å². The van der Waals surface area contributed by atoms with Crippen LogP contribution in [-0.2, 0) is 9.84 Å². The topological polar surface area (TPSA) is 79.8 Å². The van der Waals surface area contributed by atoms with E-state index in [0.29, 0.717) is 24.8 Å². The van der Waals surface area contributed by atoms with E-state index in [9.17, 15) is 12.8 Å². The van der Waals surface area contributed by atoms with E-state index in [0.717, 1.165) is 0 Å². The van der Waals surface area contributed by atoms with Gasteiger partial charge in [-0.25, -0.2) is 17.8 Å². The van der Waals surface area contributed by atoms with E-state index < -0.39 is 9.84 Å². The summed E-state index contributed by atoms with van der Waals surface area (Å²) in [5, 5.41) is 5.99. The van der Waals surface area contributed by atoms with Crippen molar-refractivity contribution in [2.75, 3.05) is 31.6 Å². The highest BCUT2D eigenvalue weighted by Gasteiger charge is 2.06. The number of ether oxygens (including phenoxy) is 1. The normalized spacial score (nSPS) is 12.9. The molecule has 0 saturated carbocycles. The molecule has 0 radical (unpaired) electrons. The monoisotopic (exact) mass is 473 g/mol. The smallest absolute Gasteiger partial charge is 0.191 e. The summed E-state index contributed by atoms with van der Waals surface area (Å²) in [7, 11) is -3.01. The summed E-state index contributed by atoms with van der Waals surface area (Å²) in [6.45, 7) is 5.11. The lowest BCUT2D eigenvalue weighted by atomic mass is 10.3. The van der Waals surface area contributed by atoms with Crippen molar-refractivity contribution in [2.45, 2.75) is 20.0 Å². The third kappa shape index (κ3) is 10.6. The lowest BCUT2D eigenvalue weighted by Gasteiger charge is -2.15. The quantitative estimate of drug-likeness (QED) is 0.342. The highest BCUT2D eigenvalue weighted by Crippen LogP contribution is 2.12. The summed E-state index contributed by atoms with van der Waals surface area (Å²) in [6.07, 6.45) is 0.989. The molecular weight excluding hydrogens is 448 g/mol. The summed E-state index contributed by atoms with van der Waals surface area (Å²) in [5.41, 5.74) is 0. The highest BCUT2D eigenvalue weighted by molar-refractivity contribution is 14.0. The van der Waals surface area contributed by atoms with Crippen LogP contribution in [-0.4, -0.2) is 52.1 Å². The molecule has 0 heterocycles. The fourth-order valence-electron chi connectivity index (χ4n) is 1.70. The second kappa shape index (κ2) is 11.5. The van der Waals surface area contributed by atoms with Gasteiger partial charge in [0.2, 0.25) is 0 Å². The van der Waals surface area contributed by atoms with Crippen LogP contribution < -0.4 is 15.4 Å². The van der Waals surface area contributed by atoms with Crippen molar-refractivity contribution < 1.29 is 17.5 Å². The summed E-state index contributed by atoms with van der Waals surface area (Å²) >= 11 is 0. The lowest BCUT2D eigenvalue weighted by Crippen LogP contribution is -2.40. The van der Waals surface area contributed by atoms with Crippen molar-refractivity contribution in [3.05, 3.63) is 30.1 Å². The number of sulfone groups is 1. The molecule has 138 valence electrons. The van der Waals surface area contributed by atoms with Crippen LogP contribution >= 0.6 is 24.0 Å². The predicted molar refractivity (Wildman–Crippen MR) is 106 cm³/mol. The molecule has 1 atom stereocenters. The maximum atomic E-state index is 12.8. The Morgan fingerprint density at radius 3 is 2.46 bits per heavy atom. The van der Waals surface area contributed by atoms with Gasteiger partial charge in [0.05, 0.1) is 12.3 Å². The molecule has 0 aliphatic carbocycles. The van der Waals surface area contributed by atoms with Gasteiger partial charge in [-0.2, -0.15) is 0 Å². The van der Waals surface area contributed by atoms with Gasteiger partial charge in [0.1, 0.15) is 27.5 Å². The van der Waals surface area contributed by atoms with Gasteiger partial charge >= 0.3 is 0 Å². The number of benzene rings is 1. The number of aliphatic imine (C=N–C) groups is 1. The molecule has 1 aromatic carbocycles. The number of nitrogens with one attached hydrogen (secondary N) is 2. The maximum Gasteiger partial charge on any atom is 0.191 e. The molecular formula is C15H25FIN3O3S. The van der Waals surface area contributed by atoms with Gasteiger partial charge in [0, 0.05) is 19.3 Å². The minimum Gasteiger partial charge on any atom is -0.489 e. The number of nitrogens with zero attached hydrogens (tertiary/aromatic N) is 1. The molecule has 0 fully saturated rings. The van der Waals surface area contributed by atoms with Crippen LogP contribution in [0.1, 0.15) is 13.8 Å². The fraction of sp³-hybridized carbons (Fsp3) is 0.533. The van der Waals surface area contributed by atoms with Crippen LogP contribution in [0.5, 0.6) is 5.75 Å². The second-order valence-corrected chi connectivity index (χ2v) is 7.42. The molecule has 0 aliphatic rings. The number of guanidine groups is 1. The van der Waals surface area contributed by atoms with Crippen molar-refractivity contribution in [3.8, 4) is 5.75 Å². The van der Waals surface area contributed by atoms with Gasteiger partial charge in [0.25, 0.3) is 0 Å². The molecule has 2 N–H and O–H groups in total. The first-order valence-electron chi connectivity index (χ1n) is 7.42. The summed E-state index contributed by atoms with van der Waals surface area (Å²) in [4.78, 5) is 4.35. The number of rotatable bonds is 8. The average Bonchev–Trinajstić information content (AvgIpc) is 2.46. The van der Waals surface area contributed by atoms with E-state index in [2.05, 4.69) is 15.6 Å². The maximum absolute atomic E-state index is 12.8. The Morgan fingerprint density at radius 1 is 1.29 bits per heavy atom. The zero-order valence-electron chi connectivity index (χ0n) is 14.1. The molecule has 0 aromatic heterocycles. The first-order valence-corrected chi connectivity index (χ1v) is 9.48. The zero-order chi connectivity index (χ0) is 17.3. The molecule has 0 saturated heterocycles. The molecule has 0 spiro atoms. The highest BCUT2D eigenvalue weighted by atomic mass is 127. The number of hydrogen-bond acceptors (Lipinski definition) is 4. The molecule has 0 bridgehead atoms. The largest absolute Gasteiger partial charge is 0.489 e. The van der Waals surface area contributed by atoms with Gasteiger partial charge in [-0.1, -0.05) is 0 Å². The van der Waals surface area contributed by atoms with Crippen molar-refractivity contribution in [1.82, 2.24) is 10.6 Å².